The van der Waals surface area contributed by atoms with Crippen LogP contribution in [0.4, 0.5) is 15.9 Å². The maximum Gasteiger partial charge on any atom is 0.147 e. The highest BCUT2D eigenvalue weighted by molar-refractivity contribution is 9.10. The lowest BCUT2D eigenvalue weighted by Crippen LogP contribution is -2.01. The van der Waals surface area contributed by atoms with Crippen LogP contribution in [-0.2, 0) is 6.42 Å². The number of aryl methyl sites for hydroxylation is 1. The van der Waals surface area contributed by atoms with Gasteiger partial charge in [-0.1, -0.05) is 34.5 Å². The standard InChI is InChI=1S/C13H12BrClFN3/c1-2-3-12-18-11(15)7-13(19-12)17-10-5-4-8(14)6-9(10)16/h4-7H,2-3H2,1H3,(H,17,18,19). The summed E-state index contributed by atoms with van der Waals surface area (Å²) in [6.07, 6.45) is 1.66. The molecule has 0 unspecified atom stereocenters. The smallest absolute Gasteiger partial charge is 0.147 e. The van der Waals surface area contributed by atoms with E-state index >= 15 is 0 Å². The zero-order valence-electron chi connectivity index (χ0n) is 10.3. The summed E-state index contributed by atoms with van der Waals surface area (Å²) in [5.74, 6) is 0.779. The van der Waals surface area contributed by atoms with Crippen molar-refractivity contribution in [3.05, 3.63) is 45.5 Å². The van der Waals surface area contributed by atoms with Gasteiger partial charge >= 0.3 is 0 Å². The molecule has 1 aromatic carbocycles. The lowest BCUT2D eigenvalue weighted by Gasteiger charge is -2.08. The molecular weight excluding hydrogens is 333 g/mol. The van der Waals surface area contributed by atoms with Crippen LogP contribution in [0.15, 0.2) is 28.7 Å². The Morgan fingerprint density at radius 2 is 2.11 bits per heavy atom. The molecule has 0 atom stereocenters. The van der Waals surface area contributed by atoms with Crippen molar-refractivity contribution in [3.8, 4) is 0 Å². The van der Waals surface area contributed by atoms with Gasteiger partial charge in [0.25, 0.3) is 0 Å². The molecule has 0 radical (unpaired) electrons. The number of nitrogens with zero attached hydrogens (tertiary/aromatic N) is 2. The zero-order chi connectivity index (χ0) is 13.8. The molecule has 0 bridgehead atoms. The third kappa shape index (κ3) is 3.88. The van der Waals surface area contributed by atoms with E-state index in [1.807, 2.05) is 6.92 Å². The highest BCUT2D eigenvalue weighted by Gasteiger charge is 2.07. The number of benzene rings is 1. The van der Waals surface area contributed by atoms with Crippen LogP contribution in [0.25, 0.3) is 0 Å². The number of hydrogen-bond acceptors (Lipinski definition) is 3. The summed E-state index contributed by atoms with van der Waals surface area (Å²) in [5, 5.41) is 3.25. The number of hydrogen-bond donors (Lipinski definition) is 1. The Kier molecular flexibility index (Phi) is 4.71. The molecule has 0 spiro atoms. The Balaban J connectivity index is 2.27. The molecule has 0 amide bonds. The minimum absolute atomic E-state index is 0.346. The summed E-state index contributed by atoms with van der Waals surface area (Å²) in [6, 6.07) is 6.34. The van der Waals surface area contributed by atoms with Gasteiger partial charge in [-0.25, -0.2) is 14.4 Å². The second-order valence-corrected chi connectivity index (χ2v) is 5.29. The van der Waals surface area contributed by atoms with Crippen LogP contribution in [0.5, 0.6) is 0 Å². The molecule has 3 nitrogen and oxygen atoms in total. The SMILES string of the molecule is CCCc1nc(Cl)cc(Nc2ccc(Br)cc2F)n1. The van der Waals surface area contributed by atoms with E-state index in [0.29, 0.717) is 27.0 Å². The molecule has 0 saturated carbocycles. The van der Waals surface area contributed by atoms with Gasteiger partial charge in [0, 0.05) is 17.0 Å². The van der Waals surface area contributed by atoms with Crippen LogP contribution in [0.1, 0.15) is 19.2 Å². The molecule has 2 rings (SSSR count). The van der Waals surface area contributed by atoms with Gasteiger partial charge < -0.3 is 5.32 Å². The van der Waals surface area contributed by atoms with Crippen molar-refractivity contribution in [1.82, 2.24) is 9.97 Å². The predicted molar refractivity (Wildman–Crippen MR) is 78.4 cm³/mol. The molecule has 1 aromatic heterocycles. The highest BCUT2D eigenvalue weighted by Crippen LogP contribution is 2.23. The van der Waals surface area contributed by atoms with Crippen molar-refractivity contribution >= 4 is 39.0 Å². The van der Waals surface area contributed by atoms with Crippen molar-refractivity contribution in [2.75, 3.05) is 5.32 Å². The van der Waals surface area contributed by atoms with Crippen LogP contribution in [0.2, 0.25) is 5.15 Å². The Morgan fingerprint density at radius 1 is 1.32 bits per heavy atom. The largest absolute Gasteiger partial charge is 0.338 e. The number of halogens is 3. The summed E-state index contributed by atoms with van der Waals surface area (Å²) >= 11 is 9.14. The van der Waals surface area contributed by atoms with Crippen molar-refractivity contribution in [3.63, 3.8) is 0 Å². The summed E-state index contributed by atoms with van der Waals surface area (Å²) < 4.78 is 14.4. The Bertz CT molecular complexity index is 592. The average Bonchev–Trinajstić information content (AvgIpc) is 2.32. The van der Waals surface area contributed by atoms with Gasteiger partial charge in [-0.15, -0.1) is 0 Å². The quantitative estimate of drug-likeness (QED) is 0.815. The summed E-state index contributed by atoms with van der Waals surface area (Å²) in [4.78, 5) is 8.41. The van der Waals surface area contributed by atoms with Crippen LogP contribution in [0.3, 0.4) is 0 Å². The zero-order valence-corrected chi connectivity index (χ0v) is 12.6. The monoisotopic (exact) mass is 343 g/mol. The van der Waals surface area contributed by atoms with E-state index in [9.17, 15) is 4.39 Å². The van der Waals surface area contributed by atoms with Crippen LogP contribution in [0, 0.1) is 5.82 Å². The van der Waals surface area contributed by atoms with Gasteiger partial charge in [0.1, 0.15) is 22.6 Å². The minimum Gasteiger partial charge on any atom is -0.338 e. The molecule has 0 aliphatic carbocycles. The molecule has 0 fully saturated rings. The van der Waals surface area contributed by atoms with E-state index in [2.05, 4.69) is 31.2 Å². The van der Waals surface area contributed by atoms with Crippen LogP contribution >= 0.6 is 27.5 Å². The average molecular weight is 345 g/mol. The second-order valence-electron chi connectivity index (χ2n) is 3.99. The highest BCUT2D eigenvalue weighted by atomic mass is 79.9. The molecule has 0 aliphatic heterocycles. The van der Waals surface area contributed by atoms with Crippen molar-refractivity contribution in [2.45, 2.75) is 19.8 Å². The molecule has 1 heterocycles. The van der Waals surface area contributed by atoms with Crippen LogP contribution < -0.4 is 5.32 Å². The van der Waals surface area contributed by atoms with Gasteiger partial charge in [-0.3, -0.25) is 0 Å². The predicted octanol–water partition coefficient (Wildman–Crippen LogP) is 4.73. The second kappa shape index (κ2) is 6.30. The van der Waals surface area contributed by atoms with E-state index in [1.54, 1.807) is 18.2 Å². The fourth-order valence-electron chi connectivity index (χ4n) is 1.59. The van der Waals surface area contributed by atoms with Crippen LogP contribution in [-0.4, -0.2) is 9.97 Å². The Labute approximate surface area is 124 Å². The van der Waals surface area contributed by atoms with E-state index < -0.39 is 0 Å². The van der Waals surface area contributed by atoms with E-state index in [1.165, 1.54) is 6.07 Å². The third-order valence-electron chi connectivity index (χ3n) is 2.41. The first-order valence-corrected chi connectivity index (χ1v) is 7.01. The van der Waals surface area contributed by atoms with Gasteiger partial charge in [-0.2, -0.15) is 0 Å². The molecule has 1 N–H and O–H groups in total. The number of anilines is 2. The first-order chi connectivity index (χ1) is 9.08. The van der Waals surface area contributed by atoms with Gasteiger partial charge in [-0.05, 0) is 24.6 Å². The lowest BCUT2D eigenvalue weighted by atomic mass is 10.3. The van der Waals surface area contributed by atoms with Crippen molar-refractivity contribution < 1.29 is 4.39 Å². The normalized spacial score (nSPS) is 10.5. The summed E-state index contributed by atoms with van der Waals surface area (Å²) in [5.41, 5.74) is 0.348. The molecule has 6 heteroatoms. The molecule has 100 valence electrons. The number of rotatable bonds is 4. The summed E-state index contributed by atoms with van der Waals surface area (Å²) in [7, 11) is 0. The molecule has 19 heavy (non-hydrogen) atoms. The molecule has 0 aliphatic rings. The molecule has 2 aromatic rings. The van der Waals surface area contributed by atoms with E-state index in [4.69, 9.17) is 11.6 Å². The van der Waals surface area contributed by atoms with Gasteiger partial charge in [0.05, 0.1) is 5.69 Å². The Morgan fingerprint density at radius 3 is 2.79 bits per heavy atom. The topological polar surface area (TPSA) is 37.8 Å². The van der Waals surface area contributed by atoms with Gasteiger partial charge in [0.15, 0.2) is 0 Å². The van der Waals surface area contributed by atoms with Gasteiger partial charge in [0.2, 0.25) is 0 Å². The maximum atomic E-state index is 13.7. The Hall–Kier alpha value is -1.20. The molecule has 0 saturated heterocycles. The van der Waals surface area contributed by atoms with E-state index in [0.717, 1.165) is 12.8 Å². The fourth-order valence-corrected chi connectivity index (χ4v) is 2.13. The third-order valence-corrected chi connectivity index (χ3v) is 3.10. The van der Waals surface area contributed by atoms with E-state index in [-0.39, 0.29) is 5.82 Å². The lowest BCUT2D eigenvalue weighted by molar-refractivity contribution is 0.631. The summed E-state index contributed by atoms with van der Waals surface area (Å²) in [6.45, 7) is 2.03. The minimum atomic E-state index is -0.360. The maximum absolute atomic E-state index is 13.7. The fraction of sp³-hybridized carbons (Fsp3) is 0.231. The number of nitrogens with one attached hydrogen (secondary N) is 1. The van der Waals surface area contributed by atoms with Crippen molar-refractivity contribution in [1.29, 1.82) is 0 Å². The first kappa shape index (κ1) is 14.2. The van der Waals surface area contributed by atoms with Crippen molar-refractivity contribution in [2.24, 2.45) is 0 Å². The molecular formula is C13H12BrClFN3. The first-order valence-electron chi connectivity index (χ1n) is 5.84. The number of aromatic nitrogens is 2.